The van der Waals surface area contributed by atoms with Gasteiger partial charge in [0.1, 0.15) is 17.4 Å². The maximum atomic E-state index is 13.6. The molecule has 1 aliphatic heterocycles. The smallest absolute Gasteiger partial charge is 0.318 e. The van der Waals surface area contributed by atoms with Crippen LogP contribution in [0.3, 0.4) is 0 Å². The molecular formula is C25H29ClFN5O5S. The van der Waals surface area contributed by atoms with E-state index in [4.69, 9.17) is 25.8 Å². The number of aromatic nitrogens is 2. The van der Waals surface area contributed by atoms with E-state index in [0.29, 0.717) is 80.1 Å². The van der Waals surface area contributed by atoms with Crippen LogP contribution in [0, 0.1) is 5.82 Å². The molecule has 0 amide bonds. The molecule has 0 unspecified atom stereocenters. The zero-order chi connectivity index (χ0) is 26.7. The molecule has 1 saturated heterocycles. The molecular weight excluding hydrogens is 537 g/mol. The highest BCUT2D eigenvalue weighted by Crippen LogP contribution is 2.32. The van der Waals surface area contributed by atoms with E-state index in [2.05, 4.69) is 20.0 Å². The van der Waals surface area contributed by atoms with Crippen molar-refractivity contribution in [2.75, 3.05) is 38.7 Å². The average Bonchev–Trinajstić information content (AvgIpc) is 2.92. The van der Waals surface area contributed by atoms with Gasteiger partial charge in [-0.25, -0.2) is 4.39 Å². The van der Waals surface area contributed by atoms with Crippen LogP contribution in [0.4, 0.5) is 15.9 Å². The number of fused-ring (bicyclic) bond motifs is 1. The highest BCUT2D eigenvalue weighted by Gasteiger charge is 2.30. The lowest BCUT2D eigenvalue weighted by Crippen LogP contribution is -2.50. The molecule has 2 aliphatic rings. The van der Waals surface area contributed by atoms with Crippen LogP contribution in [0.25, 0.3) is 10.9 Å². The Hall–Kier alpha value is -2.77. The summed E-state index contributed by atoms with van der Waals surface area (Å²) in [5, 5.41) is 3.84. The molecule has 2 fully saturated rings. The molecule has 0 radical (unpaired) electrons. The Bertz CT molecular complexity index is 1400. The standard InChI is InChI=1S/C25H29ClFN5O5S/c1-35-25-29-23-9-7-19(15-20(23)24(30-25)28-17-4-8-22(27)21(26)14-17)37-18-5-2-16(3-6-18)31-38(33,34)32-10-12-36-13-11-32/h4,7-9,14-16,18,31H,2-3,5-6,10-13H2,1H3,(H,28,29,30). The minimum absolute atomic E-state index is 0.00723. The number of methoxy groups -OCH3 is 1. The van der Waals surface area contributed by atoms with Crippen LogP contribution in [0.15, 0.2) is 36.4 Å². The molecule has 2 heterocycles. The first-order valence-electron chi connectivity index (χ1n) is 12.4. The van der Waals surface area contributed by atoms with Crippen molar-refractivity contribution < 1.29 is 27.0 Å². The van der Waals surface area contributed by atoms with Crippen molar-refractivity contribution in [1.29, 1.82) is 0 Å². The Morgan fingerprint density at radius 3 is 2.55 bits per heavy atom. The zero-order valence-corrected chi connectivity index (χ0v) is 22.4. The van der Waals surface area contributed by atoms with E-state index < -0.39 is 16.0 Å². The molecule has 0 atom stereocenters. The maximum Gasteiger partial charge on any atom is 0.318 e. The van der Waals surface area contributed by atoms with Gasteiger partial charge in [-0.1, -0.05) is 11.6 Å². The average molecular weight is 566 g/mol. The summed E-state index contributed by atoms with van der Waals surface area (Å²) in [6.45, 7) is 1.58. The van der Waals surface area contributed by atoms with Crippen LogP contribution in [0.2, 0.25) is 5.02 Å². The third-order valence-corrected chi connectivity index (χ3v) is 8.58. The van der Waals surface area contributed by atoms with Gasteiger partial charge in [0.25, 0.3) is 10.2 Å². The maximum absolute atomic E-state index is 13.6. The van der Waals surface area contributed by atoms with Gasteiger partial charge in [0.05, 0.1) is 37.0 Å². The molecule has 1 aromatic heterocycles. The molecule has 204 valence electrons. The van der Waals surface area contributed by atoms with Crippen molar-refractivity contribution in [2.45, 2.75) is 37.8 Å². The molecule has 0 spiro atoms. The molecule has 10 nitrogen and oxygen atoms in total. The second kappa shape index (κ2) is 11.5. The molecule has 13 heteroatoms. The second-order valence-corrected chi connectivity index (χ2v) is 11.3. The van der Waals surface area contributed by atoms with Crippen molar-refractivity contribution in [1.82, 2.24) is 19.0 Å². The lowest BCUT2D eigenvalue weighted by atomic mass is 9.93. The molecule has 38 heavy (non-hydrogen) atoms. The summed E-state index contributed by atoms with van der Waals surface area (Å²) >= 11 is 5.94. The lowest BCUT2D eigenvalue weighted by Gasteiger charge is -2.32. The van der Waals surface area contributed by atoms with E-state index in [-0.39, 0.29) is 23.2 Å². The number of hydrogen-bond acceptors (Lipinski definition) is 8. The first kappa shape index (κ1) is 26.8. The molecule has 1 saturated carbocycles. The van der Waals surface area contributed by atoms with Gasteiger partial charge in [0.15, 0.2) is 0 Å². The van der Waals surface area contributed by atoms with Crippen LogP contribution in [-0.4, -0.2) is 68.2 Å². The van der Waals surface area contributed by atoms with Gasteiger partial charge in [0, 0.05) is 30.2 Å². The van der Waals surface area contributed by atoms with Crippen LogP contribution in [0.1, 0.15) is 25.7 Å². The fraction of sp³-hybridized carbons (Fsp3) is 0.440. The molecule has 1 aliphatic carbocycles. The van der Waals surface area contributed by atoms with Crippen LogP contribution in [-0.2, 0) is 14.9 Å². The summed E-state index contributed by atoms with van der Waals surface area (Å²) in [7, 11) is -2.04. The van der Waals surface area contributed by atoms with Crippen LogP contribution < -0.4 is 19.5 Å². The fourth-order valence-electron chi connectivity index (χ4n) is 4.62. The number of hydrogen-bond donors (Lipinski definition) is 2. The highest BCUT2D eigenvalue weighted by atomic mass is 35.5. The molecule has 5 rings (SSSR count). The monoisotopic (exact) mass is 565 g/mol. The van der Waals surface area contributed by atoms with Gasteiger partial charge < -0.3 is 19.5 Å². The quantitative estimate of drug-likeness (QED) is 0.421. The number of morpholine rings is 1. The summed E-state index contributed by atoms with van der Waals surface area (Å²) in [5.41, 5.74) is 1.20. The van der Waals surface area contributed by atoms with E-state index in [1.807, 2.05) is 18.2 Å². The highest BCUT2D eigenvalue weighted by molar-refractivity contribution is 7.87. The summed E-state index contributed by atoms with van der Waals surface area (Å²) < 4.78 is 60.0. The predicted molar refractivity (Wildman–Crippen MR) is 142 cm³/mol. The number of anilines is 2. The predicted octanol–water partition coefficient (Wildman–Crippen LogP) is 4.03. The summed E-state index contributed by atoms with van der Waals surface area (Å²) in [4.78, 5) is 8.83. The number of ether oxygens (including phenoxy) is 3. The number of benzene rings is 2. The Labute approximate surface area is 225 Å². The second-order valence-electron chi connectivity index (χ2n) is 9.22. The largest absolute Gasteiger partial charge is 0.490 e. The molecule has 3 aromatic rings. The molecule has 2 N–H and O–H groups in total. The third-order valence-electron chi connectivity index (χ3n) is 6.61. The van der Waals surface area contributed by atoms with E-state index in [1.54, 1.807) is 6.07 Å². The van der Waals surface area contributed by atoms with Crippen molar-refractivity contribution in [2.24, 2.45) is 0 Å². The number of nitrogens with zero attached hydrogens (tertiary/aromatic N) is 3. The third kappa shape index (κ3) is 6.26. The minimum Gasteiger partial charge on any atom is -0.490 e. The summed E-state index contributed by atoms with van der Waals surface area (Å²) in [6.07, 6.45) is 2.74. The van der Waals surface area contributed by atoms with Crippen LogP contribution in [0.5, 0.6) is 11.8 Å². The van der Waals surface area contributed by atoms with Crippen molar-refractivity contribution in [3.05, 3.63) is 47.2 Å². The molecule has 2 aromatic carbocycles. The SMILES string of the molecule is COc1nc(Nc2ccc(F)c(Cl)c2)c2cc(OC3CCC(NS(=O)(=O)N4CCOCC4)CC3)ccc2n1. The Kier molecular flexibility index (Phi) is 8.15. The van der Waals surface area contributed by atoms with Crippen LogP contribution >= 0.6 is 11.6 Å². The first-order chi connectivity index (χ1) is 18.3. The Balaban J connectivity index is 1.26. The summed E-state index contributed by atoms with van der Waals surface area (Å²) in [6, 6.07) is 9.86. The van der Waals surface area contributed by atoms with E-state index in [1.165, 1.54) is 23.5 Å². The minimum atomic E-state index is -3.52. The van der Waals surface area contributed by atoms with Gasteiger partial charge in [-0.05, 0) is 62.1 Å². The lowest BCUT2D eigenvalue weighted by molar-refractivity contribution is 0.0719. The normalized spacial score (nSPS) is 20.8. The first-order valence-corrected chi connectivity index (χ1v) is 14.2. The Morgan fingerprint density at radius 1 is 1.08 bits per heavy atom. The van der Waals surface area contributed by atoms with E-state index in [0.717, 1.165) is 0 Å². The van der Waals surface area contributed by atoms with Gasteiger partial charge in [0.2, 0.25) is 0 Å². The van der Waals surface area contributed by atoms with Gasteiger partial charge in [-0.2, -0.15) is 27.4 Å². The number of halogens is 2. The van der Waals surface area contributed by atoms with Gasteiger partial charge in [-0.3, -0.25) is 0 Å². The number of nitrogens with one attached hydrogen (secondary N) is 2. The number of rotatable bonds is 8. The fourth-order valence-corrected chi connectivity index (χ4v) is 6.24. The van der Waals surface area contributed by atoms with Crippen molar-refractivity contribution in [3.63, 3.8) is 0 Å². The van der Waals surface area contributed by atoms with Crippen molar-refractivity contribution >= 4 is 44.2 Å². The zero-order valence-electron chi connectivity index (χ0n) is 20.8. The summed E-state index contributed by atoms with van der Waals surface area (Å²) in [5.74, 6) is 0.589. The van der Waals surface area contributed by atoms with Gasteiger partial charge >= 0.3 is 6.01 Å². The van der Waals surface area contributed by atoms with E-state index in [9.17, 15) is 12.8 Å². The topological polar surface area (TPSA) is 115 Å². The van der Waals surface area contributed by atoms with E-state index >= 15 is 0 Å². The van der Waals surface area contributed by atoms with Gasteiger partial charge in [-0.15, -0.1) is 0 Å². The van der Waals surface area contributed by atoms with Crippen molar-refractivity contribution in [3.8, 4) is 11.8 Å². The molecule has 0 bridgehead atoms. The Morgan fingerprint density at radius 2 is 1.84 bits per heavy atom.